The minimum atomic E-state index is -0.366. The quantitative estimate of drug-likeness (QED) is 0.377. The molecule has 2 aliphatic carbocycles. The van der Waals surface area contributed by atoms with Crippen molar-refractivity contribution in [3.05, 3.63) is 77.4 Å². The predicted molar refractivity (Wildman–Crippen MR) is 141 cm³/mol. The summed E-state index contributed by atoms with van der Waals surface area (Å²) in [6.07, 6.45) is 9.16. The molecule has 0 unspecified atom stereocenters. The van der Waals surface area contributed by atoms with Gasteiger partial charge in [-0.15, -0.1) is 0 Å². The minimum Gasteiger partial charge on any atom is -0.497 e. The summed E-state index contributed by atoms with van der Waals surface area (Å²) in [6, 6.07) is 18.6. The number of aromatic nitrogens is 2. The Balaban J connectivity index is 1.30. The molecular formula is C30H37N3O4. The molecule has 196 valence electrons. The number of rotatable bonds is 7. The van der Waals surface area contributed by atoms with Crippen LogP contribution in [0, 0.1) is 0 Å². The van der Waals surface area contributed by atoms with Gasteiger partial charge < -0.3 is 18.9 Å². The summed E-state index contributed by atoms with van der Waals surface area (Å²) in [5.74, 6) is 2.10. The highest BCUT2D eigenvalue weighted by Crippen LogP contribution is 2.44. The first-order valence-corrected chi connectivity index (χ1v) is 13.5. The minimum absolute atomic E-state index is 0.0986. The molecule has 0 radical (unpaired) electrons. The van der Waals surface area contributed by atoms with Gasteiger partial charge >= 0.3 is 6.09 Å². The van der Waals surface area contributed by atoms with Crippen molar-refractivity contribution in [2.75, 3.05) is 14.2 Å². The molecule has 37 heavy (non-hydrogen) atoms. The van der Waals surface area contributed by atoms with Crippen LogP contribution in [0.3, 0.4) is 0 Å². The van der Waals surface area contributed by atoms with Crippen LogP contribution < -0.4 is 4.74 Å². The van der Waals surface area contributed by atoms with Crippen molar-refractivity contribution in [3.63, 3.8) is 0 Å². The summed E-state index contributed by atoms with van der Waals surface area (Å²) in [5.41, 5.74) is 1.86. The highest BCUT2D eigenvalue weighted by atomic mass is 16.6. The first kappa shape index (κ1) is 25.3. The number of hydrogen-bond acceptors (Lipinski definition) is 6. The van der Waals surface area contributed by atoms with E-state index in [4.69, 9.17) is 19.0 Å². The molecule has 1 amide bonds. The maximum Gasteiger partial charge on any atom is 0.410 e. The Kier molecular flexibility index (Phi) is 7.77. The molecule has 7 heteroatoms. The first-order chi connectivity index (χ1) is 18.1. The van der Waals surface area contributed by atoms with Gasteiger partial charge in [0.05, 0.1) is 18.9 Å². The molecule has 2 aliphatic rings. The molecule has 5 rings (SSSR count). The smallest absolute Gasteiger partial charge is 0.410 e. The summed E-state index contributed by atoms with van der Waals surface area (Å²) in [5, 5.41) is 4.47. The van der Waals surface area contributed by atoms with Gasteiger partial charge in [0.15, 0.2) is 5.82 Å². The van der Waals surface area contributed by atoms with Crippen LogP contribution in [0.15, 0.2) is 59.1 Å². The third kappa shape index (κ3) is 5.65. The zero-order chi connectivity index (χ0) is 25.7. The molecular weight excluding hydrogens is 466 g/mol. The molecule has 0 spiro atoms. The van der Waals surface area contributed by atoms with Crippen molar-refractivity contribution in [1.29, 1.82) is 0 Å². The van der Waals surface area contributed by atoms with Gasteiger partial charge in [0.2, 0.25) is 5.89 Å². The van der Waals surface area contributed by atoms with E-state index >= 15 is 0 Å². The normalized spacial score (nSPS) is 22.4. The summed E-state index contributed by atoms with van der Waals surface area (Å²) < 4.78 is 17.1. The van der Waals surface area contributed by atoms with Crippen LogP contribution in [0.4, 0.5) is 4.79 Å². The monoisotopic (exact) mass is 503 g/mol. The van der Waals surface area contributed by atoms with E-state index < -0.39 is 0 Å². The third-order valence-corrected chi connectivity index (χ3v) is 8.18. The highest BCUT2D eigenvalue weighted by Gasteiger charge is 2.43. The second kappa shape index (κ2) is 11.4. The predicted octanol–water partition coefficient (Wildman–Crippen LogP) is 6.30. The number of benzene rings is 2. The maximum atomic E-state index is 12.9. The average Bonchev–Trinajstić information content (AvgIpc) is 3.43. The second-order valence-corrected chi connectivity index (χ2v) is 10.5. The summed E-state index contributed by atoms with van der Waals surface area (Å²) in [4.78, 5) is 19.6. The lowest BCUT2D eigenvalue weighted by molar-refractivity contribution is 0.0296. The molecule has 0 bridgehead atoms. The molecule has 0 aliphatic heterocycles. The van der Waals surface area contributed by atoms with Crippen molar-refractivity contribution in [1.82, 2.24) is 15.0 Å². The Morgan fingerprint density at radius 3 is 2.51 bits per heavy atom. The van der Waals surface area contributed by atoms with Crippen LogP contribution in [-0.2, 0) is 16.6 Å². The Morgan fingerprint density at radius 2 is 1.78 bits per heavy atom. The Hall–Kier alpha value is -3.35. The van der Waals surface area contributed by atoms with Crippen LogP contribution in [0.1, 0.15) is 80.6 Å². The van der Waals surface area contributed by atoms with Crippen LogP contribution >= 0.6 is 0 Å². The lowest BCUT2D eigenvalue weighted by Crippen LogP contribution is -2.42. The molecule has 1 heterocycles. The topological polar surface area (TPSA) is 77.7 Å². The number of methoxy groups -OCH3 is 1. The fraction of sp³-hybridized carbons (Fsp3) is 0.500. The van der Waals surface area contributed by atoms with E-state index in [1.165, 1.54) is 24.8 Å². The summed E-state index contributed by atoms with van der Waals surface area (Å²) in [7, 11) is 3.55. The van der Waals surface area contributed by atoms with E-state index in [0.29, 0.717) is 24.2 Å². The number of hydrogen-bond donors (Lipinski definition) is 0. The fourth-order valence-electron chi connectivity index (χ4n) is 5.92. The SMILES string of the molecule is COc1cccc(Cc2nc(C3(c4ccccc4)CCC(OC(=O)N(C)C4CCCCC4)CC3)no2)c1. The van der Waals surface area contributed by atoms with E-state index in [2.05, 4.69) is 29.4 Å². The molecule has 2 saturated carbocycles. The van der Waals surface area contributed by atoms with Gasteiger partial charge in [0.1, 0.15) is 11.9 Å². The van der Waals surface area contributed by atoms with E-state index in [1.807, 2.05) is 42.3 Å². The van der Waals surface area contributed by atoms with Crippen molar-refractivity contribution >= 4 is 6.09 Å². The molecule has 1 aromatic heterocycles. The van der Waals surface area contributed by atoms with Crippen molar-refractivity contribution in [2.45, 2.75) is 81.8 Å². The molecule has 3 aromatic rings. The molecule has 2 aromatic carbocycles. The summed E-state index contributed by atoms with van der Waals surface area (Å²) >= 11 is 0. The first-order valence-electron chi connectivity index (χ1n) is 13.5. The number of carbonyl (C=O) groups is 1. The molecule has 0 saturated heterocycles. The molecule has 0 N–H and O–H groups in total. The van der Waals surface area contributed by atoms with Gasteiger partial charge in [-0.1, -0.05) is 66.9 Å². The van der Waals surface area contributed by atoms with Gasteiger partial charge in [-0.2, -0.15) is 4.98 Å². The van der Waals surface area contributed by atoms with Gasteiger partial charge in [-0.25, -0.2) is 4.79 Å². The molecule has 2 fully saturated rings. The lowest BCUT2D eigenvalue weighted by atomic mass is 9.68. The van der Waals surface area contributed by atoms with Gasteiger partial charge in [0, 0.05) is 13.1 Å². The van der Waals surface area contributed by atoms with Crippen LogP contribution in [0.25, 0.3) is 0 Å². The van der Waals surface area contributed by atoms with E-state index in [1.54, 1.807) is 7.11 Å². The van der Waals surface area contributed by atoms with E-state index in [0.717, 1.165) is 49.8 Å². The zero-order valence-corrected chi connectivity index (χ0v) is 21.9. The number of nitrogens with zero attached hydrogens (tertiary/aromatic N) is 3. The van der Waals surface area contributed by atoms with Gasteiger partial charge in [-0.05, 0) is 61.8 Å². The van der Waals surface area contributed by atoms with E-state index in [9.17, 15) is 4.79 Å². The van der Waals surface area contributed by atoms with E-state index in [-0.39, 0.29) is 17.6 Å². The Morgan fingerprint density at radius 1 is 1.03 bits per heavy atom. The van der Waals surface area contributed by atoms with Crippen molar-refractivity contribution < 1.29 is 18.8 Å². The van der Waals surface area contributed by atoms with Crippen LogP contribution in [0.2, 0.25) is 0 Å². The maximum absolute atomic E-state index is 12.9. The lowest BCUT2D eigenvalue weighted by Gasteiger charge is -2.39. The standard InChI is InChI=1S/C30H37N3O4/c1-33(24-13-7-4-8-14-24)29(34)36-25-16-18-30(19-17-25,23-11-5-3-6-12-23)28-31-27(37-32-28)21-22-10-9-15-26(20-22)35-2/h3,5-6,9-12,15,20,24-25H,4,7-8,13-14,16-19,21H2,1-2H3. The Labute approximate surface area is 219 Å². The summed E-state index contributed by atoms with van der Waals surface area (Å²) in [6.45, 7) is 0. The van der Waals surface area contributed by atoms with Crippen molar-refractivity contribution in [3.8, 4) is 5.75 Å². The fourth-order valence-corrected chi connectivity index (χ4v) is 5.92. The average molecular weight is 504 g/mol. The van der Waals surface area contributed by atoms with Crippen LogP contribution in [0.5, 0.6) is 5.75 Å². The second-order valence-electron chi connectivity index (χ2n) is 10.5. The number of carbonyl (C=O) groups excluding carboxylic acids is 1. The number of ether oxygens (including phenoxy) is 2. The van der Waals surface area contributed by atoms with Crippen molar-refractivity contribution in [2.24, 2.45) is 0 Å². The largest absolute Gasteiger partial charge is 0.497 e. The third-order valence-electron chi connectivity index (χ3n) is 8.18. The number of amides is 1. The van der Waals surface area contributed by atoms with Gasteiger partial charge in [-0.3, -0.25) is 0 Å². The Bertz CT molecular complexity index is 1160. The van der Waals surface area contributed by atoms with Crippen LogP contribution in [-0.4, -0.2) is 47.4 Å². The zero-order valence-electron chi connectivity index (χ0n) is 21.9. The molecule has 7 nitrogen and oxygen atoms in total. The van der Waals surface area contributed by atoms with Gasteiger partial charge in [0.25, 0.3) is 0 Å². The highest BCUT2D eigenvalue weighted by molar-refractivity contribution is 5.68. The molecule has 0 atom stereocenters.